The van der Waals surface area contributed by atoms with Gasteiger partial charge in [0.1, 0.15) is 0 Å². The first-order valence-corrected chi connectivity index (χ1v) is 2.48. The maximum absolute atomic E-state index is 10.0. The topological polar surface area (TPSA) is 46.5 Å². The van der Waals surface area contributed by atoms with Gasteiger partial charge in [-0.05, 0) is 0 Å². The molecule has 0 aliphatic heterocycles. The van der Waals surface area contributed by atoms with E-state index in [0.717, 1.165) is 0 Å². The average molecular weight is 164 g/mol. The zero-order valence-electron chi connectivity index (χ0n) is 3.79. The van der Waals surface area contributed by atoms with Crippen molar-refractivity contribution in [3.8, 4) is 0 Å². The van der Waals surface area contributed by atoms with Gasteiger partial charge in [0.25, 0.3) is 0 Å². The molecule has 2 radical (unpaired) electrons. The van der Waals surface area contributed by atoms with Gasteiger partial charge < -0.3 is 0 Å². The van der Waals surface area contributed by atoms with Crippen molar-refractivity contribution >= 4 is 23.2 Å². The number of carbonyl (C=O) groups excluding carboxylic acids is 1. The fourth-order valence-electron chi connectivity index (χ4n) is 0.0763. The summed E-state index contributed by atoms with van der Waals surface area (Å²) in [7, 11) is 0. The van der Waals surface area contributed by atoms with Crippen molar-refractivity contribution in [2.45, 2.75) is 13.0 Å². The molecule has 0 saturated carbocycles. The molecule has 0 aromatic heterocycles. The van der Waals surface area contributed by atoms with E-state index < -0.39 is 12.1 Å². The molecular formula is C3H5AsO3. The van der Waals surface area contributed by atoms with Gasteiger partial charge in [0.15, 0.2) is 0 Å². The fraction of sp³-hybridized carbons (Fsp3) is 0.667. The van der Waals surface area contributed by atoms with Crippen LogP contribution in [0.1, 0.15) is 6.92 Å². The Labute approximate surface area is 50.5 Å². The zero-order chi connectivity index (χ0) is 5.86. The van der Waals surface area contributed by atoms with E-state index in [1.165, 1.54) is 6.92 Å². The summed E-state index contributed by atoms with van der Waals surface area (Å²) in [6.45, 7) is 1.34. The first kappa shape index (κ1) is 6.99. The SMILES string of the molecule is CC(O)C(=O)O[As]. The normalized spacial score (nSPS) is 13.0. The van der Waals surface area contributed by atoms with Crippen molar-refractivity contribution < 1.29 is 13.6 Å². The van der Waals surface area contributed by atoms with Crippen LogP contribution in [0.2, 0.25) is 0 Å². The molecule has 1 N–H and O–H groups in total. The molecule has 0 rings (SSSR count). The summed E-state index contributed by atoms with van der Waals surface area (Å²) in [5, 5.41) is 8.34. The van der Waals surface area contributed by atoms with Crippen LogP contribution in [0.25, 0.3) is 0 Å². The summed E-state index contributed by atoms with van der Waals surface area (Å²) < 4.78 is 4.06. The van der Waals surface area contributed by atoms with Crippen LogP contribution in [0.15, 0.2) is 0 Å². The molecule has 40 valence electrons. The molecule has 0 aromatic rings. The van der Waals surface area contributed by atoms with Crippen LogP contribution in [0.4, 0.5) is 0 Å². The summed E-state index contributed by atoms with van der Waals surface area (Å²) in [4.78, 5) is 10.0. The van der Waals surface area contributed by atoms with Gasteiger partial charge in [-0.1, -0.05) is 0 Å². The summed E-state index contributed by atoms with van der Waals surface area (Å²) in [6, 6.07) is 0. The minimum absolute atomic E-state index is 0.625. The molecule has 7 heavy (non-hydrogen) atoms. The summed E-state index contributed by atoms with van der Waals surface area (Å²) in [6.07, 6.45) is -1.01. The van der Waals surface area contributed by atoms with Crippen molar-refractivity contribution in [1.29, 1.82) is 0 Å². The average Bonchev–Trinajstić information content (AvgIpc) is 1.65. The van der Waals surface area contributed by atoms with Crippen LogP contribution in [-0.4, -0.2) is 34.4 Å². The van der Waals surface area contributed by atoms with E-state index in [9.17, 15) is 4.79 Å². The van der Waals surface area contributed by atoms with E-state index in [4.69, 9.17) is 5.11 Å². The van der Waals surface area contributed by atoms with Crippen molar-refractivity contribution in [1.82, 2.24) is 0 Å². The molecule has 0 heterocycles. The number of hydrogen-bond donors (Lipinski definition) is 1. The van der Waals surface area contributed by atoms with E-state index in [-0.39, 0.29) is 0 Å². The molecule has 0 aromatic carbocycles. The molecule has 0 amide bonds. The van der Waals surface area contributed by atoms with Gasteiger partial charge >= 0.3 is 49.8 Å². The third-order valence-corrected chi connectivity index (χ3v) is 0.809. The first-order valence-electron chi connectivity index (χ1n) is 1.72. The standard InChI is InChI=1S/C3H5AsO3/c1-2(5)3(6)7-4/h2,5H,1H3. The molecule has 0 bridgehead atoms. The first-order chi connectivity index (χ1) is 3.18. The van der Waals surface area contributed by atoms with Gasteiger partial charge in [0, 0.05) is 0 Å². The summed E-state index contributed by atoms with van der Waals surface area (Å²) in [5.74, 6) is -0.625. The molecule has 0 saturated heterocycles. The Balaban J connectivity index is 3.35. The summed E-state index contributed by atoms with van der Waals surface area (Å²) >= 11 is 1.62. The zero-order valence-corrected chi connectivity index (χ0v) is 5.66. The second-order valence-electron chi connectivity index (χ2n) is 1.09. The van der Waals surface area contributed by atoms with E-state index in [1.807, 2.05) is 0 Å². The molecule has 0 fully saturated rings. The molecule has 4 heteroatoms. The Kier molecular flexibility index (Phi) is 3.05. The van der Waals surface area contributed by atoms with Gasteiger partial charge in [0.2, 0.25) is 0 Å². The summed E-state index contributed by atoms with van der Waals surface area (Å²) in [5.41, 5.74) is 0. The number of aliphatic hydroxyl groups is 1. The minimum atomic E-state index is -1.01. The van der Waals surface area contributed by atoms with Crippen molar-refractivity contribution in [2.24, 2.45) is 0 Å². The van der Waals surface area contributed by atoms with Crippen LogP contribution in [-0.2, 0) is 8.52 Å². The maximum atomic E-state index is 10.0. The number of carbonyl (C=O) groups is 1. The molecule has 0 aliphatic carbocycles. The predicted molar refractivity (Wildman–Crippen MR) is 23.5 cm³/mol. The quantitative estimate of drug-likeness (QED) is 0.505. The Bertz CT molecular complexity index is 70.6. The van der Waals surface area contributed by atoms with Crippen LogP contribution in [0.5, 0.6) is 0 Å². The molecule has 0 spiro atoms. The van der Waals surface area contributed by atoms with Gasteiger partial charge in [-0.25, -0.2) is 0 Å². The predicted octanol–water partition coefficient (Wildman–Crippen LogP) is -1.01. The molecule has 3 nitrogen and oxygen atoms in total. The second kappa shape index (κ2) is 3.05. The molecular weight excluding hydrogens is 159 g/mol. The number of hydrogen-bond acceptors (Lipinski definition) is 3. The van der Waals surface area contributed by atoms with Crippen molar-refractivity contribution in [2.75, 3.05) is 0 Å². The van der Waals surface area contributed by atoms with Crippen molar-refractivity contribution in [3.05, 3.63) is 0 Å². The van der Waals surface area contributed by atoms with Gasteiger partial charge in [-0.3, -0.25) is 0 Å². The number of aliphatic hydroxyl groups excluding tert-OH is 1. The van der Waals surface area contributed by atoms with Crippen LogP contribution in [0.3, 0.4) is 0 Å². The Morgan fingerprint density at radius 1 is 2.00 bits per heavy atom. The third-order valence-electron chi connectivity index (χ3n) is 0.431. The Morgan fingerprint density at radius 2 is 2.43 bits per heavy atom. The van der Waals surface area contributed by atoms with Crippen LogP contribution in [0, 0.1) is 0 Å². The second-order valence-corrected chi connectivity index (χ2v) is 1.47. The van der Waals surface area contributed by atoms with Gasteiger partial charge in [-0.15, -0.1) is 0 Å². The van der Waals surface area contributed by atoms with E-state index in [0.29, 0.717) is 0 Å². The van der Waals surface area contributed by atoms with E-state index in [1.54, 1.807) is 17.2 Å². The van der Waals surface area contributed by atoms with Crippen LogP contribution < -0.4 is 0 Å². The third kappa shape index (κ3) is 2.66. The molecule has 1 atom stereocenters. The number of rotatable bonds is 1. The molecule has 1 unspecified atom stereocenters. The Morgan fingerprint density at radius 3 is 2.43 bits per heavy atom. The van der Waals surface area contributed by atoms with E-state index >= 15 is 0 Å². The van der Waals surface area contributed by atoms with Gasteiger partial charge in [-0.2, -0.15) is 0 Å². The fourth-order valence-corrected chi connectivity index (χ4v) is 0.396. The van der Waals surface area contributed by atoms with E-state index in [2.05, 4.69) is 3.73 Å². The van der Waals surface area contributed by atoms with Gasteiger partial charge in [0.05, 0.1) is 0 Å². The van der Waals surface area contributed by atoms with Crippen molar-refractivity contribution in [3.63, 3.8) is 0 Å². The monoisotopic (exact) mass is 164 g/mol. The Hall–Kier alpha value is -0.0116. The van der Waals surface area contributed by atoms with Crippen LogP contribution >= 0.6 is 0 Å². The molecule has 0 aliphatic rings.